The van der Waals surface area contributed by atoms with E-state index in [9.17, 15) is 0 Å². The second-order valence-corrected chi connectivity index (χ2v) is 6.29. The number of benzene rings is 1. The smallest absolute Gasteiger partial charge is 0.121 e. The molecule has 1 spiro atoms. The van der Waals surface area contributed by atoms with Gasteiger partial charge in [-0.2, -0.15) is 0 Å². The summed E-state index contributed by atoms with van der Waals surface area (Å²) in [5.74, 6) is 0.999. The monoisotopic (exact) mass is 259 g/mol. The maximum Gasteiger partial charge on any atom is 0.121 e. The van der Waals surface area contributed by atoms with Crippen molar-refractivity contribution in [2.75, 3.05) is 13.7 Å². The van der Waals surface area contributed by atoms with E-state index in [1.165, 1.54) is 56.2 Å². The fourth-order valence-electron chi connectivity index (χ4n) is 4.17. The van der Waals surface area contributed by atoms with Crippen molar-refractivity contribution in [3.05, 3.63) is 29.3 Å². The molecule has 2 nitrogen and oxygen atoms in total. The molecule has 1 aromatic rings. The van der Waals surface area contributed by atoms with E-state index in [0.717, 1.165) is 5.75 Å². The lowest BCUT2D eigenvalue weighted by Gasteiger charge is -2.39. The van der Waals surface area contributed by atoms with Crippen LogP contribution in [0.25, 0.3) is 0 Å². The SMILES string of the molecule is COc1ccc(C2NCCC23CCCCC3)cc1C. The molecule has 1 atom stereocenters. The Bertz CT molecular complexity index is 449. The van der Waals surface area contributed by atoms with Crippen LogP contribution < -0.4 is 10.1 Å². The fourth-order valence-corrected chi connectivity index (χ4v) is 4.17. The highest BCUT2D eigenvalue weighted by atomic mass is 16.5. The number of aryl methyl sites for hydroxylation is 1. The van der Waals surface area contributed by atoms with E-state index in [0.29, 0.717) is 11.5 Å². The molecule has 2 fully saturated rings. The summed E-state index contributed by atoms with van der Waals surface area (Å²) in [6.45, 7) is 3.32. The van der Waals surface area contributed by atoms with Gasteiger partial charge in [-0.1, -0.05) is 31.4 Å². The summed E-state index contributed by atoms with van der Waals surface area (Å²) in [5, 5.41) is 3.76. The number of hydrogen-bond acceptors (Lipinski definition) is 2. The highest BCUT2D eigenvalue weighted by Gasteiger charge is 2.43. The summed E-state index contributed by atoms with van der Waals surface area (Å²) >= 11 is 0. The lowest BCUT2D eigenvalue weighted by Crippen LogP contribution is -2.31. The maximum atomic E-state index is 5.38. The summed E-state index contributed by atoms with van der Waals surface area (Å²) in [5.41, 5.74) is 3.23. The molecule has 0 radical (unpaired) electrons. The molecule has 0 amide bonds. The number of methoxy groups -OCH3 is 1. The van der Waals surface area contributed by atoms with Crippen LogP contribution in [-0.4, -0.2) is 13.7 Å². The van der Waals surface area contributed by atoms with Crippen LogP contribution in [0.1, 0.15) is 55.7 Å². The Hall–Kier alpha value is -1.02. The molecule has 1 saturated carbocycles. The van der Waals surface area contributed by atoms with Gasteiger partial charge in [-0.25, -0.2) is 0 Å². The standard InChI is InChI=1S/C17H25NO/c1-13-12-14(6-7-15(13)19-2)16-17(10-11-18-16)8-4-3-5-9-17/h6-7,12,16,18H,3-5,8-11H2,1-2H3. The fraction of sp³-hybridized carbons (Fsp3) is 0.647. The van der Waals surface area contributed by atoms with Gasteiger partial charge in [0, 0.05) is 6.04 Å². The van der Waals surface area contributed by atoms with Crippen LogP contribution in [-0.2, 0) is 0 Å². The number of nitrogens with one attached hydrogen (secondary N) is 1. The topological polar surface area (TPSA) is 21.3 Å². The van der Waals surface area contributed by atoms with Gasteiger partial charge >= 0.3 is 0 Å². The van der Waals surface area contributed by atoms with E-state index in [4.69, 9.17) is 4.74 Å². The molecule has 1 aromatic carbocycles. The zero-order chi connectivity index (χ0) is 13.3. The molecule has 0 bridgehead atoms. The molecule has 0 aromatic heterocycles. The van der Waals surface area contributed by atoms with Gasteiger partial charge in [-0.3, -0.25) is 0 Å². The number of ether oxygens (including phenoxy) is 1. The van der Waals surface area contributed by atoms with Gasteiger partial charge in [0.25, 0.3) is 0 Å². The second kappa shape index (κ2) is 5.16. The first-order valence-corrected chi connectivity index (χ1v) is 7.63. The van der Waals surface area contributed by atoms with Crippen molar-refractivity contribution in [2.45, 2.75) is 51.5 Å². The van der Waals surface area contributed by atoms with Crippen LogP contribution >= 0.6 is 0 Å². The van der Waals surface area contributed by atoms with Crippen LogP contribution in [0.15, 0.2) is 18.2 Å². The van der Waals surface area contributed by atoms with E-state index in [1.54, 1.807) is 7.11 Å². The van der Waals surface area contributed by atoms with Crippen molar-refractivity contribution in [1.29, 1.82) is 0 Å². The molecule has 2 aliphatic rings. The average molecular weight is 259 g/mol. The molecule has 1 unspecified atom stereocenters. The van der Waals surface area contributed by atoms with Gasteiger partial charge in [0.2, 0.25) is 0 Å². The largest absolute Gasteiger partial charge is 0.496 e. The van der Waals surface area contributed by atoms with Crippen molar-refractivity contribution in [1.82, 2.24) is 5.32 Å². The Balaban J connectivity index is 1.90. The van der Waals surface area contributed by atoms with E-state index in [2.05, 4.69) is 30.4 Å². The van der Waals surface area contributed by atoms with Crippen molar-refractivity contribution in [3.8, 4) is 5.75 Å². The minimum Gasteiger partial charge on any atom is -0.496 e. The predicted molar refractivity (Wildman–Crippen MR) is 78.6 cm³/mol. The molecule has 1 aliphatic carbocycles. The van der Waals surface area contributed by atoms with Gasteiger partial charge in [0.15, 0.2) is 0 Å². The maximum absolute atomic E-state index is 5.38. The molecular weight excluding hydrogens is 234 g/mol. The Morgan fingerprint density at radius 1 is 1.16 bits per heavy atom. The zero-order valence-electron chi connectivity index (χ0n) is 12.2. The van der Waals surface area contributed by atoms with E-state index in [1.807, 2.05) is 0 Å². The first-order chi connectivity index (χ1) is 9.25. The molecule has 1 saturated heterocycles. The van der Waals surface area contributed by atoms with Crippen LogP contribution in [0.2, 0.25) is 0 Å². The third-order valence-electron chi connectivity index (χ3n) is 5.19. The third-order valence-corrected chi connectivity index (χ3v) is 5.19. The van der Waals surface area contributed by atoms with Crippen LogP contribution in [0.3, 0.4) is 0 Å². The normalized spacial score (nSPS) is 25.7. The number of hydrogen-bond donors (Lipinski definition) is 1. The lowest BCUT2D eigenvalue weighted by molar-refractivity contribution is 0.164. The summed E-state index contributed by atoms with van der Waals surface area (Å²) < 4.78 is 5.38. The minimum atomic E-state index is 0.527. The van der Waals surface area contributed by atoms with Crippen molar-refractivity contribution in [2.24, 2.45) is 5.41 Å². The molecule has 19 heavy (non-hydrogen) atoms. The summed E-state index contributed by atoms with van der Waals surface area (Å²) in [4.78, 5) is 0. The second-order valence-electron chi connectivity index (χ2n) is 6.29. The molecule has 1 N–H and O–H groups in total. The highest BCUT2D eigenvalue weighted by molar-refractivity contribution is 5.38. The van der Waals surface area contributed by atoms with Gasteiger partial charge < -0.3 is 10.1 Å². The molecule has 1 aliphatic heterocycles. The first-order valence-electron chi connectivity index (χ1n) is 7.63. The van der Waals surface area contributed by atoms with E-state index in [-0.39, 0.29) is 0 Å². The van der Waals surface area contributed by atoms with Crippen LogP contribution in [0.4, 0.5) is 0 Å². The third kappa shape index (κ3) is 2.27. The average Bonchev–Trinajstić information content (AvgIpc) is 2.82. The Labute approximate surface area is 116 Å². The quantitative estimate of drug-likeness (QED) is 0.867. The first kappa shape index (κ1) is 13.0. The highest BCUT2D eigenvalue weighted by Crippen LogP contribution is 2.51. The minimum absolute atomic E-state index is 0.527. The van der Waals surface area contributed by atoms with Crippen molar-refractivity contribution in [3.63, 3.8) is 0 Å². The van der Waals surface area contributed by atoms with E-state index >= 15 is 0 Å². The Kier molecular flexibility index (Phi) is 3.53. The van der Waals surface area contributed by atoms with Gasteiger partial charge in [-0.05, 0) is 55.3 Å². The van der Waals surface area contributed by atoms with Gasteiger partial charge in [0.05, 0.1) is 7.11 Å². The lowest BCUT2D eigenvalue weighted by atomic mass is 9.67. The summed E-state index contributed by atoms with van der Waals surface area (Å²) in [6, 6.07) is 7.25. The molecular formula is C17H25NO. The Morgan fingerprint density at radius 2 is 1.95 bits per heavy atom. The van der Waals surface area contributed by atoms with Crippen LogP contribution in [0, 0.1) is 12.3 Å². The predicted octanol–water partition coefficient (Wildman–Crippen LogP) is 3.99. The summed E-state index contributed by atoms with van der Waals surface area (Å²) in [6.07, 6.45) is 8.39. The number of rotatable bonds is 2. The molecule has 3 rings (SSSR count). The van der Waals surface area contributed by atoms with E-state index < -0.39 is 0 Å². The molecule has 1 heterocycles. The molecule has 104 valence electrons. The Morgan fingerprint density at radius 3 is 2.63 bits per heavy atom. The van der Waals surface area contributed by atoms with Gasteiger partial charge in [0.1, 0.15) is 5.75 Å². The summed E-state index contributed by atoms with van der Waals surface area (Å²) in [7, 11) is 1.75. The van der Waals surface area contributed by atoms with Crippen molar-refractivity contribution < 1.29 is 4.74 Å². The molecule has 2 heteroatoms. The zero-order valence-corrected chi connectivity index (χ0v) is 12.2. The van der Waals surface area contributed by atoms with Gasteiger partial charge in [-0.15, -0.1) is 0 Å². The van der Waals surface area contributed by atoms with Crippen LogP contribution in [0.5, 0.6) is 5.75 Å². The van der Waals surface area contributed by atoms with Crippen molar-refractivity contribution >= 4 is 0 Å².